The lowest BCUT2D eigenvalue weighted by Gasteiger charge is -2.10. The second-order valence-electron chi connectivity index (χ2n) is 4.47. The normalized spacial score (nSPS) is 11.4. The first kappa shape index (κ1) is 15.9. The largest absolute Gasteiger partial charge is 0.489 e. The maximum atomic E-state index is 13.4. The molecule has 0 unspecified atom stereocenters. The zero-order valence-corrected chi connectivity index (χ0v) is 13.5. The first-order valence-electron chi connectivity index (χ1n) is 5.98. The van der Waals surface area contributed by atoms with Gasteiger partial charge in [-0.3, -0.25) is 0 Å². The Morgan fingerprint density at radius 1 is 1.29 bits per heavy atom. The Morgan fingerprint density at radius 2 is 2.00 bits per heavy atom. The van der Waals surface area contributed by atoms with Crippen LogP contribution in [0.3, 0.4) is 0 Å². The molecule has 0 aromatic heterocycles. The number of halogens is 2. The summed E-state index contributed by atoms with van der Waals surface area (Å²) in [6.45, 7) is 1.79. The summed E-state index contributed by atoms with van der Waals surface area (Å²) in [5.41, 5.74) is 1.15. The molecule has 0 aliphatic carbocycles. The quantitative estimate of drug-likeness (QED) is 0.894. The van der Waals surface area contributed by atoms with Gasteiger partial charge in [0.15, 0.2) is 0 Å². The van der Waals surface area contributed by atoms with Crippen molar-refractivity contribution in [2.45, 2.75) is 18.4 Å². The van der Waals surface area contributed by atoms with E-state index in [2.05, 4.69) is 15.9 Å². The van der Waals surface area contributed by atoms with Gasteiger partial charge >= 0.3 is 0 Å². The molecule has 0 heterocycles. The van der Waals surface area contributed by atoms with Crippen molar-refractivity contribution in [3.8, 4) is 5.75 Å². The van der Waals surface area contributed by atoms with Crippen LogP contribution in [0.1, 0.15) is 11.1 Å². The van der Waals surface area contributed by atoms with Crippen LogP contribution in [0.25, 0.3) is 0 Å². The summed E-state index contributed by atoms with van der Waals surface area (Å²) < 4.78 is 41.9. The smallest absolute Gasteiger partial charge is 0.238 e. The lowest BCUT2D eigenvalue weighted by molar-refractivity contribution is 0.304. The molecular formula is C14H13BrFNO3S. The highest BCUT2D eigenvalue weighted by Crippen LogP contribution is 2.24. The molecular weight excluding hydrogens is 361 g/mol. The minimum atomic E-state index is -3.74. The average Bonchev–Trinajstić information content (AvgIpc) is 2.39. The predicted octanol–water partition coefficient (Wildman–Crippen LogP) is 3.12. The minimum Gasteiger partial charge on any atom is -0.489 e. The number of nitrogens with two attached hydrogens (primary N) is 1. The molecule has 0 fully saturated rings. The van der Waals surface area contributed by atoms with Gasteiger partial charge in [0.05, 0.1) is 9.37 Å². The Hall–Kier alpha value is -1.44. The Kier molecular flexibility index (Phi) is 4.65. The van der Waals surface area contributed by atoms with Crippen LogP contribution in [0, 0.1) is 12.7 Å². The molecule has 2 aromatic rings. The van der Waals surface area contributed by atoms with Crippen LogP contribution >= 0.6 is 15.9 Å². The molecule has 4 nitrogen and oxygen atoms in total. The second kappa shape index (κ2) is 6.13. The Balaban J connectivity index is 2.18. The number of benzene rings is 2. The summed E-state index contributed by atoms with van der Waals surface area (Å²) in [6, 6.07) is 9.15. The fourth-order valence-corrected chi connectivity index (χ4v) is 3.00. The van der Waals surface area contributed by atoms with E-state index in [4.69, 9.17) is 9.88 Å². The van der Waals surface area contributed by atoms with Gasteiger partial charge in [-0.15, -0.1) is 0 Å². The molecule has 112 valence electrons. The fourth-order valence-electron chi connectivity index (χ4n) is 1.85. The highest BCUT2D eigenvalue weighted by Gasteiger charge is 2.12. The van der Waals surface area contributed by atoms with Gasteiger partial charge in [0.1, 0.15) is 18.2 Å². The van der Waals surface area contributed by atoms with Crippen molar-refractivity contribution in [3.05, 3.63) is 57.8 Å². The predicted molar refractivity (Wildman–Crippen MR) is 81.0 cm³/mol. The van der Waals surface area contributed by atoms with Crippen LogP contribution < -0.4 is 9.88 Å². The zero-order chi connectivity index (χ0) is 15.6. The standard InChI is InChI=1S/C14H13BrFNO3S/c1-9-7-11(5-6-13(9)21(17,18)19)20-8-10-3-2-4-12(16)14(10)15/h2-7H,8H2,1H3,(H2,17,18,19). The van der Waals surface area contributed by atoms with Crippen molar-refractivity contribution in [3.63, 3.8) is 0 Å². The van der Waals surface area contributed by atoms with Gasteiger partial charge in [-0.25, -0.2) is 17.9 Å². The van der Waals surface area contributed by atoms with Crippen molar-refractivity contribution in [1.29, 1.82) is 0 Å². The first-order chi connectivity index (χ1) is 9.79. The number of rotatable bonds is 4. The van der Waals surface area contributed by atoms with Gasteiger partial charge < -0.3 is 4.74 Å². The number of aryl methyl sites for hydroxylation is 1. The minimum absolute atomic E-state index is 0.0572. The third-order valence-corrected chi connectivity index (χ3v) is 4.84. The summed E-state index contributed by atoms with van der Waals surface area (Å²) in [7, 11) is -3.74. The first-order valence-corrected chi connectivity index (χ1v) is 8.32. The lowest BCUT2D eigenvalue weighted by Crippen LogP contribution is -2.13. The lowest BCUT2D eigenvalue weighted by atomic mass is 10.2. The topological polar surface area (TPSA) is 69.4 Å². The van der Waals surface area contributed by atoms with Crippen LogP contribution in [0.2, 0.25) is 0 Å². The molecule has 2 rings (SSSR count). The summed E-state index contributed by atoms with van der Waals surface area (Å²) in [5, 5.41) is 5.09. The van der Waals surface area contributed by atoms with Gasteiger partial charge in [0.25, 0.3) is 0 Å². The van der Waals surface area contributed by atoms with E-state index in [0.717, 1.165) is 0 Å². The van der Waals surface area contributed by atoms with E-state index >= 15 is 0 Å². The molecule has 0 aliphatic rings. The molecule has 2 N–H and O–H groups in total. The number of primary sulfonamides is 1. The molecule has 7 heteroatoms. The van der Waals surface area contributed by atoms with Crippen LogP contribution in [0.4, 0.5) is 4.39 Å². The number of ether oxygens (including phenoxy) is 1. The van der Waals surface area contributed by atoms with E-state index in [0.29, 0.717) is 21.3 Å². The van der Waals surface area contributed by atoms with E-state index in [-0.39, 0.29) is 17.3 Å². The zero-order valence-electron chi connectivity index (χ0n) is 11.1. The molecule has 0 saturated carbocycles. The molecule has 0 spiro atoms. The van der Waals surface area contributed by atoms with Gasteiger partial charge in [0, 0.05) is 5.56 Å². The fraction of sp³-hybridized carbons (Fsp3) is 0.143. The van der Waals surface area contributed by atoms with E-state index < -0.39 is 10.0 Å². The average molecular weight is 374 g/mol. The van der Waals surface area contributed by atoms with E-state index in [1.54, 1.807) is 25.1 Å². The molecule has 0 atom stereocenters. The number of sulfonamides is 1. The van der Waals surface area contributed by atoms with Crippen LogP contribution in [0.15, 0.2) is 45.8 Å². The molecule has 0 aliphatic heterocycles. The summed E-state index contributed by atoms with van der Waals surface area (Å²) >= 11 is 3.16. The maximum Gasteiger partial charge on any atom is 0.238 e. The molecule has 0 amide bonds. The maximum absolute atomic E-state index is 13.4. The van der Waals surface area contributed by atoms with Gasteiger partial charge in [0.2, 0.25) is 10.0 Å². The van der Waals surface area contributed by atoms with E-state index in [1.807, 2.05) is 0 Å². The Labute approximate surface area is 130 Å². The highest BCUT2D eigenvalue weighted by atomic mass is 79.9. The molecule has 21 heavy (non-hydrogen) atoms. The second-order valence-corrected chi connectivity index (χ2v) is 6.80. The summed E-state index contributed by atoms with van der Waals surface area (Å²) in [6.07, 6.45) is 0. The third kappa shape index (κ3) is 3.81. The van der Waals surface area contributed by atoms with Crippen LogP contribution in [-0.4, -0.2) is 8.42 Å². The molecule has 0 saturated heterocycles. The van der Waals surface area contributed by atoms with E-state index in [9.17, 15) is 12.8 Å². The number of hydrogen-bond donors (Lipinski definition) is 1. The van der Waals surface area contributed by atoms with Crippen molar-refractivity contribution in [1.82, 2.24) is 0 Å². The summed E-state index contributed by atoms with van der Waals surface area (Å²) in [5.74, 6) is 0.118. The number of hydrogen-bond acceptors (Lipinski definition) is 3. The molecule has 2 aromatic carbocycles. The third-order valence-electron chi connectivity index (χ3n) is 2.88. The molecule has 0 bridgehead atoms. The SMILES string of the molecule is Cc1cc(OCc2cccc(F)c2Br)ccc1S(N)(=O)=O. The summed E-state index contributed by atoms with van der Waals surface area (Å²) in [4.78, 5) is 0.0572. The molecule has 0 radical (unpaired) electrons. The highest BCUT2D eigenvalue weighted by molar-refractivity contribution is 9.10. The van der Waals surface area contributed by atoms with Crippen molar-refractivity contribution in [2.24, 2.45) is 5.14 Å². The monoisotopic (exact) mass is 373 g/mol. The van der Waals surface area contributed by atoms with Crippen molar-refractivity contribution < 1.29 is 17.5 Å². The van der Waals surface area contributed by atoms with Crippen molar-refractivity contribution >= 4 is 26.0 Å². The van der Waals surface area contributed by atoms with Gasteiger partial charge in [-0.05, 0) is 52.7 Å². The van der Waals surface area contributed by atoms with Crippen molar-refractivity contribution in [2.75, 3.05) is 0 Å². The van der Waals surface area contributed by atoms with Gasteiger partial charge in [-0.1, -0.05) is 12.1 Å². The van der Waals surface area contributed by atoms with E-state index in [1.165, 1.54) is 18.2 Å². The Morgan fingerprint density at radius 3 is 2.62 bits per heavy atom. The van der Waals surface area contributed by atoms with Crippen LogP contribution in [-0.2, 0) is 16.6 Å². The Bertz CT molecular complexity index is 778. The van der Waals surface area contributed by atoms with Crippen LogP contribution in [0.5, 0.6) is 5.75 Å². The van der Waals surface area contributed by atoms with Gasteiger partial charge in [-0.2, -0.15) is 0 Å².